The van der Waals surface area contributed by atoms with Gasteiger partial charge in [-0.1, -0.05) is 55.5 Å². The SMILES string of the molecule is Cc1ccc(-c2n[nH]c(=S)n2CC(=O)NCC2(O)CCCCCC2)cc1. The molecule has 1 aromatic carbocycles. The minimum absolute atomic E-state index is 0.0780. The zero-order valence-corrected chi connectivity index (χ0v) is 15.9. The Morgan fingerprint density at radius 3 is 2.58 bits per heavy atom. The van der Waals surface area contributed by atoms with Gasteiger partial charge in [-0.15, -0.1) is 0 Å². The van der Waals surface area contributed by atoms with Crippen molar-refractivity contribution in [2.24, 2.45) is 0 Å². The Balaban J connectivity index is 1.67. The summed E-state index contributed by atoms with van der Waals surface area (Å²) in [5.74, 6) is 0.465. The fourth-order valence-electron chi connectivity index (χ4n) is 3.41. The number of carbonyl (C=O) groups is 1. The van der Waals surface area contributed by atoms with Gasteiger partial charge in [0, 0.05) is 12.1 Å². The lowest BCUT2D eigenvalue weighted by molar-refractivity contribution is -0.123. The number of hydrogen-bond donors (Lipinski definition) is 3. The number of rotatable bonds is 5. The summed E-state index contributed by atoms with van der Waals surface area (Å²) in [5, 5.41) is 20.6. The number of H-pyrrole nitrogens is 1. The van der Waals surface area contributed by atoms with Gasteiger partial charge in [0.25, 0.3) is 0 Å². The molecule has 2 aromatic rings. The van der Waals surface area contributed by atoms with Crippen molar-refractivity contribution in [1.29, 1.82) is 0 Å². The third-order valence-corrected chi connectivity index (χ3v) is 5.33. The van der Waals surface area contributed by atoms with Gasteiger partial charge in [0.1, 0.15) is 6.54 Å². The van der Waals surface area contributed by atoms with Crippen molar-refractivity contribution >= 4 is 18.1 Å². The number of hydrogen-bond acceptors (Lipinski definition) is 4. The number of benzene rings is 1. The van der Waals surface area contributed by atoms with E-state index in [-0.39, 0.29) is 19.0 Å². The van der Waals surface area contributed by atoms with Crippen LogP contribution < -0.4 is 5.32 Å². The predicted octanol–water partition coefficient (Wildman–Crippen LogP) is 3.12. The molecule has 0 bridgehead atoms. The molecule has 6 nitrogen and oxygen atoms in total. The molecule has 0 saturated heterocycles. The van der Waals surface area contributed by atoms with Crippen LogP contribution in [0.25, 0.3) is 11.4 Å². The van der Waals surface area contributed by atoms with Crippen molar-refractivity contribution in [3.05, 3.63) is 34.6 Å². The van der Waals surface area contributed by atoms with E-state index >= 15 is 0 Å². The Bertz CT molecular complexity index is 802. The Morgan fingerprint density at radius 1 is 1.27 bits per heavy atom. The zero-order chi connectivity index (χ0) is 18.6. The molecule has 1 aromatic heterocycles. The second-order valence-corrected chi connectivity index (χ2v) is 7.61. The Morgan fingerprint density at radius 2 is 1.92 bits per heavy atom. The standard InChI is InChI=1S/C19H26N4O2S/c1-14-6-8-15(9-7-14)17-21-22-18(26)23(17)12-16(24)20-13-19(25)10-4-2-3-5-11-19/h6-9,25H,2-5,10-13H2,1H3,(H,20,24)(H,22,26). The molecule has 1 fully saturated rings. The third-order valence-electron chi connectivity index (χ3n) is 5.02. The highest BCUT2D eigenvalue weighted by Crippen LogP contribution is 2.26. The average Bonchev–Trinajstić information content (AvgIpc) is 2.84. The molecule has 1 amide bonds. The summed E-state index contributed by atoms with van der Waals surface area (Å²) in [6, 6.07) is 7.92. The first-order chi connectivity index (χ1) is 12.5. The molecule has 3 N–H and O–H groups in total. The van der Waals surface area contributed by atoms with E-state index in [4.69, 9.17) is 12.2 Å². The molecule has 3 rings (SSSR count). The highest BCUT2D eigenvalue weighted by Gasteiger charge is 2.28. The van der Waals surface area contributed by atoms with Crippen LogP contribution in [0.5, 0.6) is 0 Å². The number of aliphatic hydroxyl groups is 1. The Labute approximate surface area is 158 Å². The van der Waals surface area contributed by atoms with Crippen molar-refractivity contribution in [1.82, 2.24) is 20.1 Å². The monoisotopic (exact) mass is 374 g/mol. The van der Waals surface area contributed by atoms with E-state index in [0.29, 0.717) is 10.6 Å². The van der Waals surface area contributed by atoms with Crippen LogP contribution in [0.3, 0.4) is 0 Å². The van der Waals surface area contributed by atoms with Crippen molar-refractivity contribution in [3.63, 3.8) is 0 Å². The minimum atomic E-state index is -0.788. The number of nitrogens with zero attached hydrogens (tertiary/aromatic N) is 2. The van der Waals surface area contributed by atoms with E-state index < -0.39 is 5.60 Å². The van der Waals surface area contributed by atoms with Crippen LogP contribution in [0.15, 0.2) is 24.3 Å². The van der Waals surface area contributed by atoms with Crippen molar-refractivity contribution in [3.8, 4) is 11.4 Å². The predicted molar refractivity (Wildman–Crippen MR) is 103 cm³/mol. The Kier molecular flexibility index (Phi) is 5.88. The molecule has 0 spiro atoms. The summed E-state index contributed by atoms with van der Waals surface area (Å²) < 4.78 is 2.09. The van der Waals surface area contributed by atoms with Crippen molar-refractivity contribution in [2.75, 3.05) is 6.54 Å². The molecule has 1 heterocycles. The second-order valence-electron chi connectivity index (χ2n) is 7.22. The molecule has 1 saturated carbocycles. The smallest absolute Gasteiger partial charge is 0.240 e. The molecule has 0 unspecified atom stereocenters. The van der Waals surface area contributed by atoms with E-state index in [9.17, 15) is 9.90 Å². The fraction of sp³-hybridized carbons (Fsp3) is 0.526. The zero-order valence-electron chi connectivity index (χ0n) is 15.1. The maximum atomic E-state index is 12.4. The maximum Gasteiger partial charge on any atom is 0.240 e. The topological polar surface area (TPSA) is 82.9 Å². The number of aryl methyl sites for hydroxylation is 1. The van der Waals surface area contributed by atoms with Crippen LogP contribution >= 0.6 is 12.2 Å². The number of amides is 1. The Hall–Kier alpha value is -1.99. The largest absolute Gasteiger partial charge is 0.388 e. The van der Waals surface area contributed by atoms with E-state index in [1.807, 2.05) is 31.2 Å². The molecule has 1 aliphatic rings. The van der Waals surface area contributed by atoms with Crippen LogP contribution in [0, 0.1) is 11.7 Å². The van der Waals surface area contributed by atoms with E-state index in [1.165, 1.54) is 0 Å². The molecule has 0 atom stereocenters. The molecule has 0 aliphatic heterocycles. The maximum absolute atomic E-state index is 12.4. The number of carbonyl (C=O) groups excluding carboxylic acids is 1. The van der Waals surface area contributed by atoms with Crippen LogP contribution in [0.1, 0.15) is 44.1 Å². The molecule has 1 aliphatic carbocycles. The quantitative estimate of drug-likeness (QED) is 0.555. The van der Waals surface area contributed by atoms with Crippen LogP contribution in [0.2, 0.25) is 0 Å². The lowest BCUT2D eigenvalue weighted by Crippen LogP contribution is -2.43. The van der Waals surface area contributed by atoms with Crippen molar-refractivity contribution < 1.29 is 9.90 Å². The number of aromatic nitrogens is 3. The minimum Gasteiger partial charge on any atom is -0.388 e. The summed E-state index contributed by atoms with van der Waals surface area (Å²) in [5.41, 5.74) is 1.27. The summed E-state index contributed by atoms with van der Waals surface area (Å²) in [7, 11) is 0. The van der Waals surface area contributed by atoms with Gasteiger partial charge in [0.05, 0.1) is 5.60 Å². The summed E-state index contributed by atoms with van der Waals surface area (Å²) in [6.07, 6.45) is 5.81. The molecule has 7 heteroatoms. The first-order valence-corrected chi connectivity index (χ1v) is 9.59. The van der Waals surface area contributed by atoms with Crippen molar-refractivity contribution in [2.45, 2.75) is 57.6 Å². The molecule has 0 radical (unpaired) electrons. The summed E-state index contributed by atoms with van der Waals surface area (Å²) >= 11 is 5.28. The first kappa shape index (κ1) is 18.8. The van der Waals surface area contributed by atoms with Gasteiger partial charge in [0.15, 0.2) is 10.6 Å². The van der Waals surface area contributed by atoms with Crippen LogP contribution in [-0.4, -0.2) is 37.9 Å². The third kappa shape index (κ3) is 4.59. The lowest BCUT2D eigenvalue weighted by Gasteiger charge is -2.26. The first-order valence-electron chi connectivity index (χ1n) is 9.18. The number of nitrogens with one attached hydrogen (secondary N) is 2. The van der Waals surface area contributed by atoms with Gasteiger partial charge < -0.3 is 10.4 Å². The van der Waals surface area contributed by atoms with Crippen LogP contribution in [-0.2, 0) is 11.3 Å². The summed E-state index contributed by atoms with van der Waals surface area (Å²) in [6.45, 7) is 2.39. The van der Waals surface area contributed by atoms with E-state index in [1.54, 1.807) is 4.57 Å². The second kappa shape index (κ2) is 8.14. The molecule has 140 valence electrons. The summed E-state index contributed by atoms with van der Waals surface area (Å²) in [4.78, 5) is 12.4. The lowest BCUT2D eigenvalue weighted by atomic mass is 9.94. The van der Waals surface area contributed by atoms with Gasteiger partial charge >= 0.3 is 0 Å². The van der Waals surface area contributed by atoms with Gasteiger partial charge in [0.2, 0.25) is 5.91 Å². The highest BCUT2D eigenvalue weighted by atomic mass is 32.1. The normalized spacial score (nSPS) is 16.8. The van der Waals surface area contributed by atoms with Gasteiger partial charge in [-0.2, -0.15) is 5.10 Å². The molecular formula is C19H26N4O2S. The molecular weight excluding hydrogens is 348 g/mol. The van der Waals surface area contributed by atoms with Crippen LogP contribution in [0.4, 0.5) is 0 Å². The van der Waals surface area contributed by atoms with E-state index in [2.05, 4.69) is 15.5 Å². The van der Waals surface area contributed by atoms with Gasteiger partial charge in [-0.3, -0.25) is 14.5 Å². The highest BCUT2D eigenvalue weighted by molar-refractivity contribution is 7.71. The molecule has 26 heavy (non-hydrogen) atoms. The fourth-order valence-corrected chi connectivity index (χ4v) is 3.61. The van der Waals surface area contributed by atoms with Gasteiger partial charge in [-0.05, 0) is 32.0 Å². The van der Waals surface area contributed by atoms with E-state index in [0.717, 1.165) is 49.7 Å². The average molecular weight is 375 g/mol. The van der Waals surface area contributed by atoms with Gasteiger partial charge in [-0.25, -0.2) is 0 Å². The number of aromatic amines is 1.